The van der Waals surface area contributed by atoms with Crippen LogP contribution < -0.4 is 10.9 Å². The quantitative estimate of drug-likeness (QED) is 0.947. The molecule has 0 aliphatic carbocycles. The van der Waals surface area contributed by atoms with Gasteiger partial charge in [-0.25, -0.2) is 0 Å². The van der Waals surface area contributed by atoms with E-state index in [0.717, 1.165) is 0 Å². The van der Waals surface area contributed by atoms with E-state index in [9.17, 15) is 9.59 Å². The number of rotatable bonds is 3. The number of aromatic nitrogens is 1. The van der Waals surface area contributed by atoms with Crippen LogP contribution in [0.25, 0.3) is 0 Å². The molecule has 0 unspecified atom stereocenters. The Bertz CT molecular complexity index is 711. The van der Waals surface area contributed by atoms with E-state index < -0.39 is 0 Å². The van der Waals surface area contributed by atoms with Gasteiger partial charge in [0.1, 0.15) is 6.54 Å². The Kier molecular flexibility index (Phi) is 4.47. The molecule has 0 aliphatic heterocycles. The summed E-state index contributed by atoms with van der Waals surface area (Å²) in [6, 6.07) is 8.20. The monoisotopic (exact) mass is 310 g/mol. The summed E-state index contributed by atoms with van der Waals surface area (Å²) < 4.78 is 1.34. The van der Waals surface area contributed by atoms with Gasteiger partial charge in [0, 0.05) is 16.8 Å². The average Bonchev–Trinajstić information content (AvgIpc) is 2.38. The lowest BCUT2D eigenvalue weighted by Gasteiger charge is -2.09. The molecule has 0 saturated carbocycles. The van der Waals surface area contributed by atoms with Gasteiger partial charge in [-0.3, -0.25) is 9.59 Å². The minimum absolute atomic E-state index is 0.0700. The Morgan fingerprint density at radius 2 is 2.05 bits per heavy atom. The summed E-state index contributed by atoms with van der Waals surface area (Å²) in [5, 5.41) is 3.48. The fourth-order valence-corrected chi connectivity index (χ4v) is 2.17. The fraction of sp³-hybridized carbons (Fsp3) is 0.143. The maximum Gasteiger partial charge on any atom is 0.253 e. The largest absolute Gasteiger partial charge is 0.323 e. The van der Waals surface area contributed by atoms with Crippen LogP contribution >= 0.6 is 23.2 Å². The molecule has 1 N–H and O–H groups in total. The van der Waals surface area contributed by atoms with Crippen molar-refractivity contribution in [1.82, 2.24) is 4.57 Å². The number of halogens is 2. The van der Waals surface area contributed by atoms with Crippen molar-refractivity contribution >= 4 is 34.8 Å². The fourth-order valence-electron chi connectivity index (χ4n) is 1.72. The number of hydrogen-bond donors (Lipinski definition) is 1. The number of nitrogens with one attached hydrogen (secondary N) is 1. The predicted molar refractivity (Wildman–Crippen MR) is 80.5 cm³/mol. The van der Waals surface area contributed by atoms with Crippen molar-refractivity contribution in [2.45, 2.75) is 13.5 Å². The first-order chi connectivity index (χ1) is 9.47. The SMILES string of the molecule is Cc1cccn(CC(=O)Nc2ccc(Cl)cc2Cl)c1=O. The molecule has 1 aromatic carbocycles. The van der Waals surface area contributed by atoms with E-state index in [4.69, 9.17) is 23.2 Å². The van der Waals surface area contributed by atoms with E-state index >= 15 is 0 Å². The highest BCUT2D eigenvalue weighted by atomic mass is 35.5. The van der Waals surface area contributed by atoms with Crippen molar-refractivity contribution in [2.75, 3.05) is 5.32 Å². The second-order valence-corrected chi connectivity index (χ2v) is 5.14. The zero-order chi connectivity index (χ0) is 14.7. The number of hydrogen-bond acceptors (Lipinski definition) is 2. The highest BCUT2D eigenvalue weighted by Crippen LogP contribution is 2.25. The summed E-state index contributed by atoms with van der Waals surface area (Å²) in [6.45, 7) is 1.63. The predicted octanol–water partition coefficient (Wildman–Crippen LogP) is 3.10. The van der Waals surface area contributed by atoms with Gasteiger partial charge in [-0.2, -0.15) is 0 Å². The lowest BCUT2D eigenvalue weighted by atomic mass is 10.3. The van der Waals surface area contributed by atoms with E-state index in [0.29, 0.717) is 21.3 Å². The Balaban J connectivity index is 2.13. The summed E-state index contributed by atoms with van der Waals surface area (Å²) >= 11 is 11.7. The molecule has 4 nitrogen and oxygen atoms in total. The topological polar surface area (TPSA) is 51.1 Å². The highest BCUT2D eigenvalue weighted by molar-refractivity contribution is 6.36. The van der Waals surface area contributed by atoms with Crippen molar-refractivity contribution in [1.29, 1.82) is 0 Å². The number of carbonyl (C=O) groups is 1. The standard InChI is InChI=1S/C14H12Cl2N2O2/c1-9-3-2-6-18(14(9)20)8-13(19)17-12-5-4-10(15)7-11(12)16/h2-7H,8H2,1H3,(H,17,19). The van der Waals surface area contributed by atoms with Crippen LogP contribution in [0.15, 0.2) is 41.3 Å². The van der Waals surface area contributed by atoms with Crippen molar-refractivity contribution in [3.63, 3.8) is 0 Å². The van der Waals surface area contributed by atoms with Gasteiger partial charge < -0.3 is 9.88 Å². The van der Waals surface area contributed by atoms with Gasteiger partial charge in [-0.15, -0.1) is 0 Å². The van der Waals surface area contributed by atoms with Gasteiger partial charge in [0.25, 0.3) is 5.56 Å². The molecule has 1 heterocycles. The smallest absolute Gasteiger partial charge is 0.253 e. The van der Waals surface area contributed by atoms with Crippen molar-refractivity contribution < 1.29 is 4.79 Å². The highest BCUT2D eigenvalue weighted by Gasteiger charge is 2.08. The molecule has 0 saturated heterocycles. The van der Waals surface area contributed by atoms with Gasteiger partial charge in [0.05, 0.1) is 10.7 Å². The lowest BCUT2D eigenvalue weighted by molar-refractivity contribution is -0.116. The minimum Gasteiger partial charge on any atom is -0.323 e. The zero-order valence-corrected chi connectivity index (χ0v) is 12.2. The summed E-state index contributed by atoms with van der Waals surface area (Å²) in [5.41, 5.74) is 0.858. The summed E-state index contributed by atoms with van der Waals surface area (Å²) in [6.07, 6.45) is 1.57. The number of aryl methyl sites for hydroxylation is 1. The Hall–Kier alpha value is -1.78. The van der Waals surface area contributed by atoms with Crippen LogP contribution in [0.5, 0.6) is 0 Å². The van der Waals surface area contributed by atoms with Crippen LogP contribution in [-0.2, 0) is 11.3 Å². The molecule has 6 heteroatoms. The van der Waals surface area contributed by atoms with Gasteiger partial charge in [0.2, 0.25) is 5.91 Å². The molecule has 2 rings (SSSR count). The Morgan fingerprint density at radius 3 is 2.75 bits per heavy atom. The summed E-state index contributed by atoms with van der Waals surface area (Å²) in [5.74, 6) is -0.332. The molecule has 20 heavy (non-hydrogen) atoms. The number of benzene rings is 1. The molecule has 0 fully saturated rings. The first-order valence-electron chi connectivity index (χ1n) is 5.88. The third-order valence-electron chi connectivity index (χ3n) is 2.73. The van der Waals surface area contributed by atoms with Gasteiger partial charge >= 0.3 is 0 Å². The minimum atomic E-state index is -0.332. The van der Waals surface area contributed by atoms with E-state index in [1.54, 1.807) is 37.4 Å². The van der Waals surface area contributed by atoms with E-state index in [1.165, 1.54) is 10.6 Å². The number of nitrogens with zero attached hydrogens (tertiary/aromatic N) is 1. The molecule has 0 bridgehead atoms. The first kappa shape index (κ1) is 14.6. The average molecular weight is 311 g/mol. The van der Waals surface area contributed by atoms with Gasteiger partial charge in [-0.05, 0) is 31.2 Å². The molecule has 2 aromatic rings. The molecule has 1 amide bonds. The number of pyridine rings is 1. The number of anilines is 1. The molecular weight excluding hydrogens is 299 g/mol. The molecule has 0 spiro atoms. The van der Waals surface area contributed by atoms with Crippen LogP contribution in [0.3, 0.4) is 0 Å². The van der Waals surface area contributed by atoms with E-state index in [1.807, 2.05) is 0 Å². The Labute approximate surface area is 125 Å². The maximum absolute atomic E-state index is 11.9. The third-order valence-corrected chi connectivity index (χ3v) is 3.28. The molecular formula is C14H12Cl2N2O2. The van der Waals surface area contributed by atoms with Crippen LogP contribution in [0.4, 0.5) is 5.69 Å². The second kappa shape index (κ2) is 6.11. The zero-order valence-electron chi connectivity index (χ0n) is 10.7. The van der Waals surface area contributed by atoms with Crippen LogP contribution in [0, 0.1) is 6.92 Å². The summed E-state index contributed by atoms with van der Waals surface area (Å²) in [4.78, 5) is 23.7. The molecule has 0 atom stereocenters. The number of amides is 1. The van der Waals surface area contributed by atoms with E-state index in [-0.39, 0.29) is 18.0 Å². The van der Waals surface area contributed by atoms with Crippen molar-refractivity contribution in [3.8, 4) is 0 Å². The lowest BCUT2D eigenvalue weighted by Crippen LogP contribution is -2.28. The van der Waals surface area contributed by atoms with Gasteiger partial charge in [0.15, 0.2) is 0 Å². The van der Waals surface area contributed by atoms with E-state index in [2.05, 4.69) is 5.32 Å². The van der Waals surface area contributed by atoms with Crippen LogP contribution in [0.2, 0.25) is 10.0 Å². The van der Waals surface area contributed by atoms with Gasteiger partial charge in [-0.1, -0.05) is 29.3 Å². The van der Waals surface area contributed by atoms with Crippen LogP contribution in [0.1, 0.15) is 5.56 Å². The maximum atomic E-state index is 11.9. The first-order valence-corrected chi connectivity index (χ1v) is 6.64. The Morgan fingerprint density at radius 1 is 1.30 bits per heavy atom. The molecule has 1 aromatic heterocycles. The van der Waals surface area contributed by atoms with Crippen molar-refractivity contribution in [3.05, 3.63) is 62.5 Å². The summed E-state index contributed by atoms with van der Waals surface area (Å²) in [7, 11) is 0. The van der Waals surface area contributed by atoms with Crippen molar-refractivity contribution in [2.24, 2.45) is 0 Å². The third kappa shape index (κ3) is 3.40. The normalized spacial score (nSPS) is 10.3. The number of carbonyl (C=O) groups excluding carboxylic acids is 1. The second-order valence-electron chi connectivity index (χ2n) is 4.30. The molecule has 0 radical (unpaired) electrons. The van der Waals surface area contributed by atoms with Crippen LogP contribution in [-0.4, -0.2) is 10.5 Å². The molecule has 104 valence electrons. The molecule has 0 aliphatic rings.